The summed E-state index contributed by atoms with van der Waals surface area (Å²) in [5.74, 6) is 2.51. The summed E-state index contributed by atoms with van der Waals surface area (Å²) in [6.07, 6.45) is 6.35. The van der Waals surface area contributed by atoms with Crippen LogP contribution in [-0.4, -0.2) is 14.7 Å². The van der Waals surface area contributed by atoms with Gasteiger partial charge < -0.3 is 0 Å². The quantitative estimate of drug-likeness (QED) is 0.747. The lowest BCUT2D eigenvalue weighted by molar-refractivity contribution is 0.607. The smallest absolute Gasteiger partial charge is 0.229 e. The Morgan fingerprint density at radius 1 is 1.43 bits per heavy atom. The maximum absolute atomic E-state index is 10.9. The number of hydrogen-bond acceptors (Lipinski definition) is 2. The number of rotatable bonds is 2. The van der Waals surface area contributed by atoms with Crippen molar-refractivity contribution >= 4 is 15.7 Å². The predicted octanol–water partition coefficient (Wildman–Crippen LogP) is 1.35. The van der Waals surface area contributed by atoms with E-state index in [2.05, 4.69) is 10.6 Å². The fourth-order valence-electron chi connectivity index (χ4n) is 1.10. The van der Waals surface area contributed by atoms with E-state index in [1.807, 2.05) is 6.92 Å². The van der Waals surface area contributed by atoms with Crippen LogP contribution in [0.25, 0.3) is 0 Å². The predicted molar refractivity (Wildman–Crippen MR) is 57.6 cm³/mol. The Hall–Kier alpha value is -1.47. The van der Waals surface area contributed by atoms with Gasteiger partial charge >= 0.3 is 0 Å². The Morgan fingerprint density at radius 2 is 2.07 bits per heavy atom. The van der Waals surface area contributed by atoms with E-state index in [-0.39, 0.29) is 0 Å². The molecule has 0 bridgehead atoms. The minimum absolute atomic E-state index is 0.531. The molecular formula is C10H11NO2S. The third-order valence-corrected chi connectivity index (χ3v) is 2.29. The molecular weight excluding hydrogens is 198 g/mol. The highest BCUT2D eigenvalue weighted by Crippen LogP contribution is 2.14. The SMILES string of the molecule is C#Cc1ccc(NS(C)(=O)=O)cc1C. The van der Waals surface area contributed by atoms with Gasteiger partial charge in [-0.15, -0.1) is 6.42 Å². The first-order valence-electron chi connectivity index (χ1n) is 3.97. The van der Waals surface area contributed by atoms with E-state index in [1.54, 1.807) is 18.2 Å². The molecule has 0 saturated carbocycles. The lowest BCUT2D eigenvalue weighted by Crippen LogP contribution is -2.09. The van der Waals surface area contributed by atoms with Crippen LogP contribution in [0.1, 0.15) is 11.1 Å². The highest BCUT2D eigenvalue weighted by atomic mass is 32.2. The number of sulfonamides is 1. The van der Waals surface area contributed by atoms with Gasteiger partial charge in [0.2, 0.25) is 10.0 Å². The molecule has 0 fully saturated rings. The van der Waals surface area contributed by atoms with E-state index < -0.39 is 10.0 Å². The van der Waals surface area contributed by atoms with Crippen molar-refractivity contribution in [1.29, 1.82) is 0 Å². The fourth-order valence-corrected chi connectivity index (χ4v) is 1.66. The average molecular weight is 209 g/mol. The number of nitrogens with one attached hydrogen (secondary N) is 1. The molecule has 74 valence electrons. The van der Waals surface area contributed by atoms with Crippen LogP contribution in [0.15, 0.2) is 18.2 Å². The summed E-state index contributed by atoms with van der Waals surface area (Å²) in [6, 6.07) is 5.06. The first kappa shape index (κ1) is 10.6. The molecule has 0 saturated heterocycles. The van der Waals surface area contributed by atoms with E-state index in [1.165, 1.54) is 0 Å². The zero-order chi connectivity index (χ0) is 10.8. The zero-order valence-corrected chi connectivity index (χ0v) is 8.85. The number of terminal acetylenes is 1. The van der Waals surface area contributed by atoms with E-state index in [4.69, 9.17) is 6.42 Å². The van der Waals surface area contributed by atoms with E-state index >= 15 is 0 Å². The van der Waals surface area contributed by atoms with Crippen molar-refractivity contribution < 1.29 is 8.42 Å². The topological polar surface area (TPSA) is 46.2 Å². The highest BCUT2D eigenvalue weighted by Gasteiger charge is 2.02. The summed E-state index contributed by atoms with van der Waals surface area (Å²) < 4.78 is 24.2. The zero-order valence-electron chi connectivity index (χ0n) is 8.03. The summed E-state index contributed by atoms with van der Waals surface area (Å²) in [5, 5.41) is 0. The summed E-state index contributed by atoms with van der Waals surface area (Å²) in [7, 11) is -3.22. The van der Waals surface area contributed by atoms with Crippen molar-refractivity contribution in [3.63, 3.8) is 0 Å². The van der Waals surface area contributed by atoms with Crippen LogP contribution in [0.5, 0.6) is 0 Å². The second kappa shape index (κ2) is 3.72. The third-order valence-electron chi connectivity index (χ3n) is 1.69. The van der Waals surface area contributed by atoms with Gasteiger partial charge in [-0.3, -0.25) is 4.72 Å². The molecule has 1 rings (SSSR count). The van der Waals surface area contributed by atoms with E-state index in [9.17, 15) is 8.42 Å². The number of aryl methyl sites for hydroxylation is 1. The van der Waals surface area contributed by atoms with Gasteiger partial charge in [0.15, 0.2) is 0 Å². The van der Waals surface area contributed by atoms with Gasteiger partial charge in [0.05, 0.1) is 6.26 Å². The highest BCUT2D eigenvalue weighted by molar-refractivity contribution is 7.92. The van der Waals surface area contributed by atoms with Gasteiger partial charge in [-0.05, 0) is 30.7 Å². The Bertz CT molecular complexity index is 483. The molecule has 14 heavy (non-hydrogen) atoms. The van der Waals surface area contributed by atoms with Crippen LogP contribution in [0.4, 0.5) is 5.69 Å². The summed E-state index contributed by atoms with van der Waals surface area (Å²) in [4.78, 5) is 0. The van der Waals surface area contributed by atoms with Gasteiger partial charge in [-0.1, -0.05) is 5.92 Å². The standard InChI is InChI=1S/C10H11NO2S/c1-4-9-5-6-10(7-8(9)2)11-14(3,12)13/h1,5-7,11H,2-3H3. The summed E-state index contributed by atoms with van der Waals surface area (Å²) in [6.45, 7) is 1.84. The third kappa shape index (κ3) is 2.79. The molecule has 0 aliphatic rings. The Labute approximate surface area is 84.2 Å². The number of hydrogen-bond donors (Lipinski definition) is 1. The van der Waals surface area contributed by atoms with Crippen LogP contribution in [0, 0.1) is 19.3 Å². The molecule has 0 aromatic heterocycles. The van der Waals surface area contributed by atoms with Crippen LogP contribution in [0.3, 0.4) is 0 Å². The van der Waals surface area contributed by atoms with Crippen LogP contribution in [-0.2, 0) is 10.0 Å². The van der Waals surface area contributed by atoms with Crippen molar-refractivity contribution in [3.05, 3.63) is 29.3 Å². The Morgan fingerprint density at radius 3 is 2.50 bits per heavy atom. The maximum atomic E-state index is 10.9. The van der Waals surface area contributed by atoms with Gasteiger partial charge in [0.25, 0.3) is 0 Å². The monoisotopic (exact) mass is 209 g/mol. The number of anilines is 1. The van der Waals surface area contributed by atoms with Crippen molar-refractivity contribution in [3.8, 4) is 12.3 Å². The minimum Gasteiger partial charge on any atom is -0.284 e. The Balaban J connectivity index is 3.06. The first-order chi connectivity index (χ1) is 6.42. The molecule has 1 aromatic carbocycles. The molecule has 0 spiro atoms. The Kier molecular flexibility index (Phi) is 2.82. The van der Waals surface area contributed by atoms with Gasteiger partial charge in [0.1, 0.15) is 0 Å². The second-order valence-electron chi connectivity index (χ2n) is 3.05. The lowest BCUT2D eigenvalue weighted by Gasteiger charge is -2.05. The molecule has 0 aliphatic heterocycles. The summed E-state index contributed by atoms with van der Waals surface area (Å²) >= 11 is 0. The van der Waals surface area contributed by atoms with Crippen LogP contribution < -0.4 is 4.72 Å². The normalized spacial score (nSPS) is 10.6. The molecule has 1 aromatic rings. The van der Waals surface area contributed by atoms with Gasteiger partial charge in [-0.25, -0.2) is 8.42 Å². The largest absolute Gasteiger partial charge is 0.284 e. The van der Waals surface area contributed by atoms with E-state index in [0.717, 1.165) is 17.4 Å². The van der Waals surface area contributed by atoms with Gasteiger partial charge in [-0.2, -0.15) is 0 Å². The molecule has 1 N–H and O–H groups in total. The van der Waals surface area contributed by atoms with Crippen LogP contribution >= 0.6 is 0 Å². The summed E-state index contributed by atoms with van der Waals surface area (Å²) in [5.41, 5.74) is 2.18. The second-order valence-corrected chi connectivity index (χ2v) is 4.80. The van der Waals surface area contributed by atoms with Crippen molar-refractivity contribution in [2.24, 2.45) is 0 Å². The van der Waals surface area contributed by atoms with E-state index in [0.29, 0.717) is 5.69 Å². The van der Waals surface area contributed by atoms with Crippen LogP contribution in [0.2, 0.25) is 0 Å². The molecule has 0 atom stereocenters. The minimum atomic E-state index is -3.22. The van der Waals surface area contributed by atoms with Crippen molar-refractivity contribution in [1.82, 2.24) is 0 Å². The molecule has 0 aliphatic carbocycles. The molecule has 3 nitrogen and oxygen atoms in total. The molecule has 4 heteroatoms. The molecule has 0 amide bonds. The lowest BCUT2D eigenvalue weighted by atomic mass is 10.1. The molecule has 0 radical (unpaired) electrons. The number of benzene rings is 1. The first-order valence-corrected chi connectivity index (χ1v) is 5.86. The average Bonchev–Trinajstić information content (AvgIpc) is 2.01. The fraction of sp³-hybridized carbons (Fsp3) is 0.200. The maximum Gasteiger partial charge on any atom is 0.229 e. The molecule has 0 unspecified atom stereocenters. The molecule has 0 heterocycles. The van der Waals surface area contributed by atoms with Gasteiger partial charge in [0, 0.05) is 11.3 Å². The van der Waals surface area contributed by atoms with Crippen molar-refractivity contribution in [2.75, 3.05) is 11.0 Å². The van der Waals surface area contributed by atoms with Crippen molar-refractivity contribution in [2.45, 2.75) is 6.92 Å².